The number of nitrogens with zero attached hydrogens (tertiary/aromatic N) is 1. The molecule has 0 saturated heterocycles. The second-order valence-electron chi connectivity index (χ2n) is 8.26. The van der Waals surface area contributed by atoms with Gasteiger partial charge in [-0.2, -0.15) is 0 Å². The third-order valence-corrected chi connectivity index (χ3v) is 7.79. The summed E-state index contributed by atoms with van der Waals surface area (Å²) in [6.07, 6.45) is 2.72. The molecule has 0 radical (unpaired) electrons. The van der Waals surface area contributed by atoms with Gasteiger partial charge in [0.05, 0.1) is 21.3 Å². The van der Waals surface area contributed by atoms with Crippen LogP contribution in [0, 0.1) is 6.92 Å². The molecule has 2 aromatic carbocycles. The molecule has 168 valence electrons. The Morgan fingerprint density at radius 2 is 1.69 bits per heavy atom. The molecule has 1 fully saturated rings. The van der Waals surface area contributed by atoms with Crippen LogP contribution in [-0.4, -0.2) is 34.9 Å². The molecule has 1 N–H and O–H groups in total. The molecule has 9 heteroatoms. The summed E-state index contributed by atoms with van der Waals surface area (Å²) in [7, 11) is 0.391. The zero-order chi connectivity index (χ0) is 22.7. The molecule has 0 bridgehead atoms. The Labute approximate surface area is 186 Å². The largest absolute Gasteiger partial charge is 0.496 e. The van der Waals surface area contributed by atoms with E-state index >= 15 is 0 Å². The number of methoxy groups -OCH3 is 3. The van der Waals surface area contributed by atoms with Crippen LogP contribution in [0.25, 0.3) is 11.3 Å². The average molecular weight is 457 g/mol. The van der Waals surface area contributed by atoms with Gasteiger partial charge in [-0.1, -0.05) is 17.3 Å². The van der Waals surface area contributed by atoms with E-state index in [2.05, 4.69) is 15.9 Å². The quantitative estimate of drug-likeness (QED) is 0.597. The van der Waals surface area contributed by atoms with Gasteiger partial charge in [0.25, 0.3) is 10.0 Å². The second-order valence-corrected chi connectivity index (χ2v) is 9.88. The molecule has 8 nitrogen and oxygen atoms in total. The van der Waals surface area contributed by atoms with Crippen molar-refractivity contribution in [2.45, 2.75) is 36.5 Å². The predicted molar refractivity (Wildman–Crippen MR) is 118 cm³/mol. The fraction of sp³-hybridized carbons (Fsp3) is 0.348. The lowest BCUT2D eigenvalue weighted by atomic mass is 9.78. The van der Waals surface area contributed by atoms with Gasteiger partial charge in [-0.15, -0.1) is 0 Å². The van der Waals surface area contributed by atoms with Crippen LogP contribution in [-0.2, 0) is 21.9 Å². The van der Waals surface area contributed by atoms with E-state index in [1.165, 1.54) is 19.8 Å². The van der Waals surface area contributed by atoms with Gasteiger partial charge < -0.3 is 18.7 Å². The minimum absolute atomic E-state index is 0.0206. The standard InChI is InChI=1S/C23H24N2O6S/c1-13-10-16-14(11-19(13)30-4)20-15(12-23(16)8-9-23)22(24-31-20)25-32(26,27)21-17(28-2)6-5-7-18(21)29-3/h5-7,10-11H,8-9,12H2,1-4H3,(H,24,25). The summed E-state index contributed by atoms with van der Waals surface area (Å²) < 4.78 is 51.0. The topological polar surface area (TPSA) is 99.9 Å². The first-order chi connectivity index (χ1) is 15.3. The molecule has 0 aliphatic heterocycles. The number of aryl methyl sites for hydroxylation is 1. The SMILES string of the molecule is COc1cc2c(cc1C)C1(CC1)Cc1c(NS(=O)(=O)c3c(OC)cccc3OC)noc1-2. The summed E-state index contributed by atoms with van der Waals surface area (Å²) in [6, 6.07) is 8.90. The van der Waals surface area contributed by atoms with Crippen molar-refractivity contribution >= 4 is 15.8 Å². The minimum atomic E-state index is -4.06. The molecule has 5 rings (SSSR count). The normalized spacial score (nSPS) is 15.6. The minimum Gasteiger partial charge on any atom is -0.496 e. The van der Waals surface area contributed by atoms with Crippen LogP contribution in [0.5, 0.6) is 17.2 Å². The summed E-state index contributed by atoms with van der Waals surface area (Å²) in [4.78, 5) is -0.0867. The lowest BCUT2D eigenvalue weighted by Crippen LogP contribution is -2.20. The van der Waals surface area contributed by atoms with Gasteiger partial charge in [-0.05, 0) is 55.5 Å². The highest BCUT2D eigenvalue weighted by molar-refractivity contribution is 7.93. The Balaban J connectivity index is 1.60. The maximum absolute atomic E-state index is 13.3. The van der Waals surface area contributed by atoms with Crippen molar-refractivity contribution in [3.05, 3.63) is 47.0 Å². The highest BCUT2D eigenvalue weighted by Crippen LogP contribution is 2.59. The van der Waals surface area contributed by atoms with E-state index in [4.69, 9.17) is 18.7 Å². The molecule has 0 amide bonds. The number of rotatable bonds is 6. The molecule has 32 heavy (non-hydrogen) atoms. The van der Waals surface area contributed by atoms with Crippen LogP contribution in [0.4, 0.5) is 5.82 Å². The lowest BCUT2D eigenvalue weighted by Gasteiger charge is -2.25. The highest BCUT2D eigenvalue weighted by Gasteiger charge is 2.51. The van der Waals surface area contributed by atoms with Crippen LogP contribution < -0.4 is 18.9 Å². The summed E-state index contributed by atoms with van der Waals surface area (Å²) in [5.41, 5.74) is 3.90. The Kier molecular flexibility index (Phi) is 4.63. The fourth-order valence-electron chi connectivity index (χ4n) is 4.59. The summed E-state index contributed by atoms with van der Waals surface area (Å²) >= 11 is 0. The van der Waals surface area contributed by atoms with Crippen molar-refractivity contribution in [2.75, 3.05) is 26.1 Å². The second kappa shape index (κ2) is 7.16. The molecular formula is C23H24N2O6S. The predicted octanol–water partition coefficient (Wildman–Crippen LogP) is 4.06. The third kappa shape index (κ3) is 3.02. The number of benzene rings is 2. The van der Waals surface area contributed by atoms with E-state index in [0.29, 0.717) is 12.2 Å². The Morgan fingerprint density at radius 1 is 1.03 bits per heavy atom. The van der Waals surface area contributed by atoms with Gasteiger partial charge in [0.2, 0.25) is 0 Å². The van der Waals surface area contributed by atoms with Crippen LogP contribution in [0.15, 0.2) is 39.8 Å². The van der Waals surface area contributed by atoms with E-state index < -0.39 is 10.0 Å². The monoisotopic (exact) mass is 456 g/mol. The lowest BCUT2D eigenvalue weighted by molar-refractivity contribution is 0.373. The molecule has 2 aliphatic rings. The van der Waals surface area contributed by atoms with Crippen molar-refractivity contribution < 1.29 is 27.2 Å². The van der Waals surface area contributed by atoms with Crippen molar-refractivity contribution in [3.63, 3.8) is 0 Å². The maximum Gasteiger partial charge on any atom is 0.270 e. The number of anilines is 1. The number of sulfonamides is 1. The van der Waals surface area contributed by atoms with Gasteiger partial charge in [0.1, 0.15) is 17.2 Å². The number of aromatic nitrogens is 1. The average Bonchev–Trinajstić information content (AvgIpc) is 3.46. The van der Waals surface area contributed by atoms with Gasteiger partial charge in [0, 0.05) is 16.5 Å². The van der Waals surface area contributed by atoms with Gasteiger partial charge in [0.15, 0.2) is 16.5 Å². The number of nitrogens with one attached hydrogen (secondary N) is 1. The van der Waals surface area contributed by atoms with Gasteiger partial charge >= 0.3 is 0 Å². The molecule has 1 heterocycles. The molecule has 1 aromatic heterocycles. The van der Waals surface area contributed by atoms with Crippen LogP contribution in [0.2, 0.25) is 0 Å². The molecular weight excluding hydrogens is 432 g/mol. The summed E-state index contributed by atoms with van der Waals surface area (Å²) in [5, 5.41) is 4.10. The van der Waals surface area contributed by atoms with E-state index in [0.717, 1.165) is 35.3 Å². The number of fused-ring (bicyclic) bond motifs is 4. The summed E-state index contributed by atoms with van der Waals surface area (Å²) in [6.45, 7) is 2.02. The van der Waals surface area contributed by atoms with E-state index in [1.807, 2.05) is 13.0 Å². The van der Waals surface area contributed by atoms with E-state index in [9.17, 15) is 8.42 Å². The molecule has 0 unspecified atom stereocenters. The van der Waals surface area contributed by atoms with Crippen LogP contribution >= 0.6 is 0 Å². The maximum atomic E-state index is 13.3. The molecule has 2 aliphatic carbocycles. The van der Waals surface area contributed by atoms with E-state index in [-0.39, 0.29) is 27.6 Å². The first-order valence-electron chi connectivity index (χ1n) is 10.3. The zero-order valence-electron chi connectivity index (χ0n) is 18.3. The first-order valence-corrected chi connectivity index (χ1v) is 11.7. The fourth-order valence-corrected chi connectivity index (χ4v) is 5.94. The van der Waals surface area contributed by atoms with Crippen molar-refractivity contribution in [3.8, 4) is 28.6 Å². The van der Waals surface area contributed by atoms with Crippen LogP contribution in [0.1, 0.15) is 29.5 Å². The van der Waals surface area contributed by atoms with Gasteiger partial charge in [-0.25, -0.2) is 8.42 Å². The number of ether oxygens (including phenoxy) is 3. The Bertz CT molecular complexity index is 1300. The first kappa shape index (κ1) is 20.7. The Morgan fingerprint density at radius 3 is 2.28 bits per heavy atom. The van der Waals surface area contributed by atoms with Crippen molar-refractivity contribution in [1.29, 1.82) is 0 Å². The zero-order valence-corrected chi connectivity index (χ0v) is 19.1. The highest BCUT2D eigenvalue weighted by atomic mass is 32.2. The molecule has 1 saturated carbocycles. The summed E-state index contributed by atoms with van der Waals surface area (Å²) in [5.74, 6) is 1.87. The molecule has 0 atom stereocenters. The van der Waals surface area contributed by atoms with E-state index in [1.54, 1.807) is 25.3 Å². The number of hydrogen-bond donors (Lipinski definition) is 1. The van der Waals surface area contributed by atoms with Crippen molar-refractivity contribution in [1.82, 2.24) is 5.16 Å². The van der Waals surface area contributed by atoms with Crippen molar-refractivity contribution in [2.24, 2.45) is 0 Å². The molecule has 3 aromatic rings. The molecule has 1 spiro atoms. The van der Waals surface area contributed by atoms with Gasteiger partial charge in [-0.3, -0.25) is 4.72 Å². The Hall–Kier alpha value is -3.20. The number of hydrogen-bond acceptors (Lipinski definition) is 7. The third-order valence-electron chi connectivity index (χ3n) is 6.39. The van der Waals surface area contributed by atoms with Crippen LogP contribution in [0.3, 0.4) is 0 Å². The smallest absolute Gasteiger partial charge is 0.270 e.